The Morgan fingerprint density at radius 1 is 1.29 bits per heavy atom. The number of aromatic hydroxyl groups is 1. The van der Waals surface area contributed by atoms with Gasteiger partial charge in [-0.3, -0.25) is 4.79 Å². The second kappa shape index (κ2) is 6.13. The molecular formula is C15H16N2O4. The Morgan fingerprint density at radius 2 is 1.95 bits per heavy atom. The van der Waals surface area contributed by atoms with E-state index >= 15 is 0 Å². The van der Waals surface area contributed by atoms with E-state index in [1.54, 1.807) is 20.0 Å². The molecule has 0 aliphatic heterocycles. The Morgan fingerprint density at radius 3 is 2.57 bits per heavy atom. The van der Waals surface area contributed by atoms with Gasteiger partial charge in [-0.15, -0.1) is 0 Å². The number of carbonyl (C=O) groups excluding carboxylic acids is 2. The number of hydrogen-bond acceptors (Lipinski definition) is 4. The maximum Gasteiger partial charge on any atom is 0.342 e. The number of anilines is 1. The summed E-state index contributed by atoms with van der Waals surface area (Å²) in [5, 5.41) is 11.9. The molecule has 3 N–H and O–H groups in total. The molecule has 0 spiro atoms. The van der Waals surface area contributed by atoms with Crippen LogP contribution in [0.3, 0.4) is 0 Å². The smallest absolute Gasteiger partial charge is 0.342 e. The SMILES string of the molecule is CCOC(=O)c1c(NC(=O)c2ccc(O)cc2)c[nH]c1C. The summed E-state index contributed by atoms with van der Waals surface area (Å²) in [6, 6.07) is 5.83. The molecule has 0 saturated heterocycles. The highest BCUT2D eigenvalue weighted by atomic mass is 16.5. The van der Waals surface area contributed by atoms with Crippen LogP contribution in [0.15, 0.2) is 30.5 Å². The zero-order chi connectivity index (χ0) is 15.4. The second-order valence-corrected chi connectivity index (χ2v) is 4.42. The Hall–Kier alpha value is -2.76. The molecule has 1 heterocycles. The van der Waals surface area contributed by atoms with Gasteiger partial charge in [0.2, 0.25) is 0 Å². The number of carbonyl (C=O) groups is 2. The number of rotatable bonds is 4. The predicted octanol–water partition coefficient (Wildman–Crippen LogP) is 2.46. The van der Waals surface area contributed by atoms with Crippen molar-refractivity contribution in [2.24, 2.45) is 0 Å². The molecule has 2 rings (SSSR count). The van der Waals surface area contributed by atoms with Crippen molar-refractivity contribution >= 4 is 17.6 Å². The van der Waals surface area contributed by atoms with Crippen LogP contribution in [0.2, 0.25) is 0 Å². The first-order valence-corrected chi connectivity index (χ1v) is 6.48. The van der Waals surface area contributed by atoms with Gasteiger partial charge < -0.3 is 20.1 Å². The van der Waals surface area contributed by atoms with Crippen LogP contribution >= 0.6 is 0 Å². The number of aryl methyl sites for hydroxylation is 1. The summed E-state index contributed by atoms with van der Waals surface area (Å²) >= 11 is 0. The maximum atomic E-state index is 12.1. The van der Waals surface area contributed by atoms with E-state index in [2.05, 4.69) is 10.3 Å². The van der Waals surface area contributed by atoms with Crippen molar-refractivity contribution in [3.63, 3.8) is 0 Å². The average molecular weight is 288 g/mol. The van der Waals surface area contributed by atoms with Gasteiger partial charge in [-0.1, -0.05) is 0 Å². The van der Waals surface area contributed by atoms with E-state index in [0.717, 1.165) is 0 Å². The van der Waals surface area contributed by atoms with Gasteiger partial charge in [-0.05, 0) is 38.1 Å². The van der Waals surface area contributed by atoms with Gasteiger partial charge in [-0.2, -0.15) is 0 Å². The first-order chi connectivity index (χ1) is 10.0. The molecule has 0 saturated carbocycles. The number of H-pyrrole nitrogens is 1. The molecule has 0 aliphatic carbocycles. The van der Waals surface area contributed by atoms with Gasteiger partial charge >= 0.3 is 5.97 Å². The molecule has 21 heavy (non-hydrogen) atoms. The topological polar surface area (TPSA) is 91.4 Å². The first-order valence-electron chi connectivity index (χ1n) is 6.48. The monoisotopic (exact) mass is 288 g/mol. The van der Waals surface area contributed by atoms with Crippen molar-refractivity contribution in [1.29, 1.82) is 0 Å². The Bertz CT molecular complexity index is 659. The molecule has 6 nitrogen and oxygen atoms in total. The van der Waals surface area contributed by atoms with Crippen LogP contribution in [0.25, 0.3) is 0 Å². The van der Waals surface area contributed by atoms with Crippen LogP contribution in [-0.2, 0) is 4.74 Å². The fourth-order valence-electron chi connectivity index (χ4n) is 1.90. The van der Waals surface area contributed by atoms with Crippen molar-refractivity contribution in [3.05, 3.63) is 47.3 Å². The summed E-state index contributed by atoms with van der Waals surface area (Å²) in [6.45, 7) is 3.70. The standard InChI is InChI=1S/C15H16N2O4/c1-3-21-15(20)13-9(2)16-8-12(13)17-14(19)10-4-6-11(18)7-5-10/h4-8,16,18H,3H2,1-2H3,(H,17,19). The molecule has 0 aliphatic rings. The van der Waals surface area contributed by atoms with Gasteiger partial charge in [0, 0.05) is 17.5 Å². The molecular weight excluding hydrogens is 272 g/mol. The number of benzene rings is 1. The lowest BCUT2D eigenvalue weighted by Crippen LogP contribution is -2.15. The maximum absolute atomic E-state index is 12.1. The number of phenolic OH excluding ortho intramolecular Hbond substituents is 1. The summed E-state index contributed by atoms with van der Waals surface area (Å²) in [6.07, 6.45) is 1.54. The second-order valence-electron chi connectivity index (χ2n) is 4.42. The van der Waals surface area contributed by atoms with Gasteiger partial charge in [0.25, 0.3) is 5.91 Å². The zero-order valence-electron chi connectivity index (χ0n) is 11.8. The molecule has 1 aromatic heterocycles. The molecule has 110 valence electrons. The third kappa shape index (κ3) is 3.22. The van der Waals surface area contributed by atoms with Crippen molar-refractivity contribution in [1.82, 2.24) is 4.98 Å². The van der Waals surface area contributed by atoms with Gasteiger partial charge in [0.1, 0.15) is 11.3 Å². The number of aromatic amines is 1. The summed E-state index contributed by atoms with van der Waals surface area (Å²) in [5.41, 5.74) is 1.67. The Kier molecular flexibility index (Phi) is 4.27. The largest absolute Gasteiger partial charge is 0.508 e. The lowest BCUT2D eigenvalue weighted by molar-refractivity contribution is 0.0527. The van der Waals surface area contributed by atoms with E-state index in [-0.39, 0.29) is 18.3 Å². The van der Waals surface area contributed by atoms with Crippen molar-refractivity contribution in [2.45, 2.75) is 13.8 Å². The highest BCUT2D eigenvalue weighted by Crippen LogP contribution is 2.21. The minimum atomic E-state index is -0.489. The van der Waals surface area contributed by atoms with E-state index in [1.807, 2.05) is 0 Å². The van der Waals surface area contributed by atoms with Crippen molar-refractivity contribution < 1.29 is 19.4 Å². The van der Waals surface area contributed by atoms with Gasteiger partial charge in [0.05, 0.1) is 12.3 Å². The molecule has 0 bridgehead atoms. The van der Waals surface area contributed by atoms with E-state index < -0.39 is 5.97 Å². The van der Waals surface area contributed by atoms with E-state index in [4.69, 9.17) is 4.74 Å². The molecule has 0 radical (unpaired) electrons. The number of hydrogen-bond donors (Lipinski definition) is 3. The summed E-state index contributed by atoms with van der Waals surface area (Å²) in [5.74, 6) is -0.784. The van der Waals surface area contributed by atoms with E-state index in [0.29, 0.717) is 22.5 Å². The van der Waals surface area contributed by atoms with Gasteiger partial charge in [0.15, 0.2) is 0 Å². The molecule has 6 heteroatoms. The minimum Gasteiger partial charge on any atom is -0.508 e. The normalized spacial score (nSPS) is 10.2. The van der Waals surface area contributed by atoms with Crippen molar-refractivity contribution in [2.75, 3.05) is 11.9 Å². The zero-order valence-corrected chi connectivity index (χ0v) is 11.8. The third-order valence-electron chi connectivity index (χ3n) is 2.93. The van der Waals surface area contributed by atoms with Crippen molar-refractivity contribution in [3.8, 4) is 5.75 Å². The lowest BCUT2D eigenvalue weighted by atomic mass is 10.2. The summed E-state index contributed by atoms with van der Waals surface area (Å²) in [4.78, 5) is 26.9. The van der Waals surface area contributed by atoms with Crippen LogP contribution < -0.4 is 5.32 Å². The van der Waals surface area contributed by atoms with Crippen LogP contribution in [0.1, 0.15) is 33.3 Å². The molecule has 2 aromatic rings. The van der Waals surface area contributed by atoms with Gasteiger partial charge in [-0.25, -0.2) is 4.79 Å². The quantitative estimate of drug-likeness (QED) is 0.754. The lowest BCUT2D eigenvalue weighted by Gasteiger charge is -2.07. The third-order valence-corrected chi connectivity index (χ3v) is 2.93. The Labute approximate surface area is 121 Å². The highest BCUT2D eigenvalue weighted by Gasteiger charge is 2.19. The number of aromatic nitrogens is 1. The average Bonchev–Trinajstić information content (AvgIpc) is 2.80. The highest BCUT2D eigenvalue weighted by molar-refractivity contribution is 6.08. The van der Waals surface area contributed by atoms with Crippen LogP contribution in [-0.4, -0.2) is 28.6 Å². The number of ether oxygens (including phenoxy) is 1. The Balaban J connectivity index is 2.22. The summed E-state index contributed by atoms with van der Waals surface area (Å²) < 4.78 is 4.97. The van der Waals surface area contributed by atoms with Crippen LogP contribution in [0, 0.1) is 6.92 Å². The molecule has 0 atom stereocenters. The fraction of sp³-hybridized carbons (Fsp3) is 0.200. The molecule has 1 aromatic carbocycles. The van der Waals surface area contributed by atoms with Crippen LogP contribution in [0.5, 0.6) is 5.75 Å². The number of nitrogens with one attached hydrogen (secondary N) is 2. The molecule has 1 amide bonds. The minimum absolute atomic E-state index is 0.0799. The molecule has 0 fully saturated rings. The predicted molar refractivity (Wildman–Crippen MR) is 77.5 cm³/mol. The van der Waals surface area contributed by atoms with E-state index in [9.17, 15) is 14.7 Å². The van der Waals surface area contributed by atoms with Crippen LogP contribution in [0.4, 0.5) is 5.69 Å². The number of amides is 1. The molecule has 0 unspecified atom stereocenters. The fourth-order valence-corrected chi connectivity index (χ4v) is 1.90. The first kappa shape index (κ1) is 14.6. The number of phenols is 1. The number of esters is 1. The van der Waals surface area contributed by atoms with E-state index in [1.165, 1.54) is 24.3 Å². The summed E-state index contributed by atoms with van der Waals surface area (Å²) in [7, 11) is 0.